The van der Waals surface area contributed by atoms with Crippen LogP contribution in [-0.4, -0.2) is 28.8 Å². The molecule has 3 rings (SSSR count). The second-order valence-electron chi connectivity index (χ2n) is 5.37. The first-order valence-electron chi connectivity index (χ1n) is 7.95. The molecule has 136 valence electrons. The van der Waals surface area contributed by atoms with Gasteiger partial charge in [0, 0.05) is 18.8 Å². The van der Waals surface area contributed by atoms with E-state index in [1.807, 2.05) is 6.07 Å². The van der Waals surface area contributed by atoms with Gasteiger partial charge in [-0.25, -0.2) is 4.98 Å². The molecule has 0 saturated heterocycles. The molecule has 27 heavy (non-hydrogen) atoms. The number of benzene rings is 1. The van der Waals surface area contributed by atoms with Crippen LogP contribution in [0.3, 0.4) is 0 Å². The maximum Gasteiger partial charge on any atom is 0.275 e. The molecule has 0 bridgehead atoms. The zero-order valence-corrected chi connectivity index (χ0v) is 15.0. The lowest BCUT2D eigenvalue weighted by atomic mass is 10.2. The second-order valence-corrected chi connectivity index (χ2v) is 5.78. The fraction of sp³-hybridized carbons (Fsp3) is 0.0526. The van der Waals surface area contributed by atoms with Gasteiger partial charge in [0.05, 0.1) is 11.2 Å². The largest absolute Gasteiger partial charge is 0.454 e. The molecule has 0 unspecified atom stereocenters. The number of rotatable bonds is 5. The van der Waals surface area contributed by atoms with E-state index in [1.54, 1.807) is 30.3 Å². The fourth-order valence-corrected chi connectivity index (χ4v) is 2.36. The lowest BCUT2D eigenvalue weighted by Gasteiger charge is -2.08. The normalized spacial score (nSPS) is 10.1. The molecule has 0 atom stereocenters. The number of carbonyl (C=O) groups excluding carboxylic acids is 2. The van der Waals surface area contributed by atoms with Crippen molar-refractivity contribution in [1.82, 2.24) is 15.3 Å². The van der Waals surface area contributed by atoms with E-state index in [0.717, 1.165) is 0 Å². The summed E-state index contributed by atoms with van der Waals surface area (Å²) in [4.78, 5) is 32.1. The molecule has 0 saturated carbocycles. The van der Waals surface area contributed by atoms with Crippen molar-refractivity contribution in [2.24, 2.45) is 0 Å². The monoisotopic (exact) mass is 382 g/mol. The van der Waals surface area contributed by atoms with Crippen LogP contribution in [0.15, 0.2) is 60.9 Å². The highest BCUT2D eigenvalue weighted by Gasteiger charge is 2.12. The van der Waals surface area contributed by atoms with Crippen molar-refractivity contribution in [2.75, 3.05) is 12.4 Å². The number of aromatic nitrogens is 2. The van der Waals surface area contributed by atoms with Gasteiger partial charge in [0.2, 0.25) is 0 Å². The number of nitrogens with one attached hydrogen (secondary N) is 2. The quantitative estimate of drug-likeness (QED) is 0.704. The molecule has 0 aliphatic rings. The Bertz CT molecular complexity index is 977. The van der Waals surface area contributed by atoms with Gasteiger partial charge in [-0.05, 0) is 36.4 Å². The van der Waals surface area contributed by atoms with Gasteiger partial charge in [-0.3, -0.25) is 14.6 Å². The molecule has 7 nitrogen and oxygen atoms in total. The lowest BCUT2D eigenvalue weighted by molar-refractivity contribution is 0.0963. The van der Waals surface area contributed by atoms with Gasteiger partial charge in [-0.1, -0.05) is 23.7 Å². The molecule has 2 aromatic heterocycles. The van der Waals surface area contributed by atoms with Crippen molar-refractivity contribution in [3.8, 4) is 11.5 Å². The van der Waals surface area contributed by atoms with E-state index in [0.29, 0.717) is 27.9 Å². The summed E-state index contributed by atoms with van der Waals surface area (Å²) in [6.45, 7) is 0. The first-order valence-corrected chi connectivity index (χ1v) is 8.32. The number of nitrogens with zero attached hydrogens (tertiary/aromatic N) is 2. The molecule has 2 N–H and O–H groups in total. The predicted octanol–water partition coefficient (Wildman–Crippen LogP) is 3.53. The summed E-state index contributed by atoms with van der Waals surface area (Å²) < 4.78 is 5.64. The number of amides is 2. The Morgan fingerprint density at radius 2 is 1.85 bits per heavy atom. The SMILES string of the molecule is CNC(=O)c1ccnc(C(=O)Nc2ccc(Oc3ccccc3Cl)cn2)c1. The fourth-order valence-electron chi connectivity index (χ4n) is 2.19. The Labute approximate surface area is 160 Å². The van der Waals surface area contributed by atoms with E-state index in [2.05, 4.69) is 20.6 Å². The van der Waals surface area contributed by atoms with Gasteiger partial charge in [-0.15, -0.1) is 0 Å². The number of carbonyl (C=O) groups is 2. The van der Waals surface area contributed by atoms with Crippen molar-refractivity contribution < 1.29 is 14.3 Å². The highest BCUT2D eigenvalue weighted by Crippen LogP contribution is 2.28. The lowest BCUT2D eigenvalue weighted by Crippen LogP contribution is -2.20. The topological polar surface area (TPSA) is 93.2 Å². The van der Waals surface area contributed by atoms with Crippen LogP contribution in [0.1, 0.15) is 20.8 Å². The Morgan fingerprint density at radius 1 is 1.04 bits per heavy atom. The summed E-state index contributed by atoms with van der Waals surface area (Å²) in [6, 6.07) is 13.2. The molecule has 0 fully saturated rings. The van der Waals surface area contributed by atoms with E-state index in [1.165, 1.54) is 31.6 Å². The molecular formula is C19H15ClN4O3. The second kappa shape index (κ2) is 8.29. The summed E-state index contributed by atoms with van der Waals surface area (Å²) in [5, 5.41) is 5.60. The van der Waals surface area contributed by atoms with Gasteiger partial charge < -0.3 is 15.4 Å². The average Bonchev–Trinajstić information content (AvgIpc) is 2.70. The maximum atomic E-state index is 12.3. The van der Waals surface area contributed by atoms with Crippen LogP contribution in [0.2, 0.25) is 5.02 Å². The minimum Gasteiger partial charge on any atom is -0.454 e. The molecular weight excluding hydrogens is 368 g/mol. The molecule has 1 aromatic carbocycles. The van der Waals surface area contributed by atoms with E-state index < -0.39 is 5.91 Å². The third-order valence-corrected chi connectivity index (χ3v) is 3.84. The van der Waals surface area contributed by atoms with Crippen LogP contribution in [0.4, 0.5) is 5.82 Å². The van der Waals surface area contributed by atoms with E-state index >= 15 is 0 Å². The minimum atomic E-state index is -0.479. The minimum absolute atomic E-state index is 0.106. The predicted molar refractivity (Wildman–Crippen MR) is 101 cm³/mol. The first-order chi connectivity index (χ1) is 13.1. The van der Waals surface area contributed by atoms with Gasteiger partial charge in [0.1, 0.15) is 23.0 Å². The molecule has 2 amide bonds. The maximum absolute atomic E-state index is 12.3. The number of ether oxygens (including phenoxy) is 1. The van der Waals surface area contributed by atoms with Gasteiger partial charge in [0.15, 0.2) is 0 Å². The number of anilines is 1. The number of hydrogen-bond acceptors (Lipinski definition) is 5. The molecule has 0 spiro atoms. The van der Waals surface area contributed by atoms with Crippen molar-refractivity contribution in [2.45, 2.75) is 0 Å². The summed E-state index contributed by atoms with van der Waals surface area (Å²) in [7, 11) is 1.51. The summed E-state index contributed by atoms with van der Waals surface area (Å²) in [5.74, 6) is 0.520. The van der Waals surface area contributed by atoms with Crippen molar-refractivity contribution in [3.05, 3.63) is 77.2 Å². The Kier molecular flexibility index (Phi) is 5.63. The van der Waals surface area contributed by atoms with E-state index in [4.69, 9.17) is 16.3 Å². The molecule has 0 aliphatic carbocycles. The molecule has 2 heterocycles. The average molecular weight is 383 g/mol. The summed E-state index contributed by atoms with van der Waals surface area (Å²) >= 11 is 6.05. The Balaban J connectivity index is 1.68. The standard InChI is InChI=1S/C19H15ClN4O3/c1-21-18(25)12-8-9-22-15(10-12)19(26)24-17-7-6-13(11-23-17)27-16-5-3-2-4-14(16)20/h2-11H,1H3,(H,21,25)(H,23,24,26). The zero-order chi connectivity index (χ0) is 19.2. The smallest absolute Gasteiger partial charge is 0.275 e. The molecule has 3 aromatic rings. The van der Waals surface area contributed by atoms with Crippen molar-refractivity contribution in [3.63, 3.8) is 0 Å². The number of hydrogen-bond donors (Lipinski definition) is 2. The summed E-state index contributed by atoms with van der Waals surface area (Å²) in [5.41, 5.74) is 0.448. The molecule has 8 heteroatoms. The Morgan fingerprint density at radius 3 is 2.56 bits per heavy atom. The van der Waals surface area contributed by atoms with E-state index in [9.17, 15) is 9.59 Å². The van der Waals surface area contributed by atoms with Crippen molar-refractivity contribution in [1.29, 1.82) is 0 Å². The van der Waals surface area contributed by atoms with Crippen LogP contribution < -0.4 is 15.4 Å². The van der Waals surface area contributed by atoms with Crippen LogP contribution in [0.25, 0.3) is 0 Å². The van der Waals surface area contributed by atoms with Crippen LogP contribution in [0.5, 0.6) is 11.5 Å². The van der Waals surface area contributed by atoms with E-state index in [-0.39, 0.29) is 11.6 Å². The zero-order valence-electron chi connectivity index (χ0n) is 14.3. The van der Waals surface area contributed by atoms with Crippen LogP contribution in [0, 0.1) is 0 Å². The highest BCUT2D eigenvalue weighted by atomic mass is 35.5. The first kappa shape index (κ1) is 18.3. The van der Waals surface area contributed by atoms with Gasteiger partial charge >= 0.3 is 0 Å². The van der Waals surface area contributed by atoms with Gasteiger partial charge in [-0.2, -0.15) is 0 Å². The third kappa shape index (κ3) is 4.59. The Hall–Kier alpha value is -3.45. The number of pyridine rings is 2. The van der Waals surface area contributed by atoms with Gasteiger partial charge in [0.25, 0.3) is 11.8 Å². The van der Waals surface area contributed by atoms with Crippen molar-refractivity contribution >= 4 is 29.2 Å². The molecule has 0 radical (unpaired) electrons. The number of halogens is 1. The van der Waals surface area contributed by atoms with Crippen LogP contribution >= 0.6 is 11.6 Å². The third-order valence-electron chi connectivity index (χ3n) is 3.52. The van der Waals surface area contributed by atoms with Crippen LogP contribution in [-0.2, 0) is 0 Å². The summed E-state index contributed by atoms with van der Waals surface area (Å²) in [6.07, 6.45) is 2.86. The number of para-hydroxylation sites is 1. The molecule has 0 aliphatic heterocycles. The highest BCUT2D eigenvalue weighted by molar-refractivity contribution is 6.32.